The van der Waals surface area contributed by atoms with E-state index in [0.29, 0.717) is 0 Å². The van der Waals surface area contributed by atoms with Crippen molar-refractivity contribution >= 4 is 5.69 Å². The fraction of sp³-hybridized carbons (Fsp3) is 0.312. The minimum atomic E-state index is 0.824. The fourth-order valence-electron chi connectivity index (χ4n) is 2.04. The molecule has 0 aliphatic heterocycles. The summed E-state index contributed by atoms with van der Waals surface area (Å²) in [5.41, 5.74) is 8.97. The molecule has 100 valence electrons. The fourth-order valence-corrected chi connectivity index (χ4v) is 2.04. The van der Waals surface area contributed by atoms with Gasteiger partial charge in [-0.25, -0.2) is 0 Å². The van der Waals surface area contributed by atoms with E-state index in [2.05, 4.69) is 35.0 Å². The molecule has 2 aromatic rings. The first kappa shape index (κ1) is 13.6. The second kappa shape index (κ2) is 6.90. The Hall–Kier alpha value is -1.87. The molecule has 0 atom stereocenters. The largest absolute Gasteiger partial charge is 0.399 e. The number of likely N-dealkylation sites (N-methyl/N-ethyl adjacent to an activating group) is 1. The van der Waals surface area contributed by atoms with Crippen LogP contribution in [0, 0.1) is 0 Å². The maximum Gasteiger partial charge on any atom is 0.0543 e. The standard InChI is InChI=1S/C16H21N3/c1-2-19(13-16-5-3-4-11-18-16)12-10-14-6-8-15(17)9-7-14/h3-9,11H,2,10,12-13,17H2,1H3. The Morgan fingerprint density at radius 3 is 2.53 bits per heavy atom. The summed E-state index contributed by atoms with van der Waals surface area (Å²) in [4.78, 5) is 6.78. The second-order valence-electron chi connectivity index (χ2n) is 4.68. The zero-order valence-corrected chi connectivity index (χ0v) is 11.4. The normalized spacial score (nSPS) is 10.8. The van der Waals surface area contributed by atoms with Gasteiger partial charge in [0.1, 0.15) is 0 Å². The summed E-state index contributed by atoms with van der Waals surface area (Å²) in [7, 11) is 0. The highest BCUT2D eigenvalue weighted by Gasteiger charge is 2.04. The third kappa shape index (κ3) is 4.38. The molecule has 19 heavy (non-hydrogen) atoms. The number of pyridine rings is 1. The topological polar surface area (TPSA) is 42.1 Å². The SMILES string of the molecule is CCN(CCc1ccc(N)cc1)Cc1ccccn1. The van der Waals surface area contributed by atoms with Gasteiger partial charge in [0.05, 0.1) is 5.69 Å². The van der Waals surface area contributed by atoms with Crippen LogP contribution in [0.3, 0.4) is 0 Å². The molecule has 1 aromatic heterocycles. The van der Waals surface area contributed by atoms with Crippen LogP contribution in [0.5, 0.6) is 0 Å². The summed E-state index contributed by atoms with van der Waals surface area (Å²) in [6.45, 7) is 5.17. The van der Waals surface area contributed by atoms with E-state index in [1.165, 1.54) is 5.56 Å². The molecule has 1 heterocycles. The Morgan fingerprint density at radius 1 is 1.11 bits per heavy atom. The van der Waals surface area contributed by atoms with Gasteiger partial charge in [-0.1, -0.05) is 25.1 Å². The van der Waals surface area contributed by atoms with Gasteiger partial charge in [0, 0.05) is 25.0 Å². The van der Waals surface area contributed by atoms with Gasteiger partial charge in [0.25, 0.3) is 0 Å². The summed E-state index contributed by atoms with van der Waals surface area (Å²) in [6.07, 6.45) is 2.89. The minimum Gasteiger partial charge on any atom is -0.399 e. The number of nitrogens with zero attached hydrogens (tertiary/aromatic N) is 2. The third-order valence-electron chi connectivity index (χ3n) is 3.26. The van der Waals surface area contributed by atoms with Crippen LogP contribution in [0.25, 0.3) is 0 Å². The second-order valence-corrected chi connectivity index (χ2v) is 4.68. The van der Waals surface area contributed by atoms with Gasteiger partial charge in [-0.3, -0.25) is 9.88 Å². The van der Waals surface area contributed by atoms with E-state index >= 15 is 0 Å². The van der Waals surface area contributed by atoms with E-state index in [1.807, 2.05) is 30.5 Å². The van der Waals surface area contributed by atoms with Crippen LogP contribution in [-0.2, 0) is 13.0 Å². The smallest absolute Gasteiger partial charge is 0.0543 e. The van der Waals surface area contributed by atoms with Crippen molar-refractivity contribution in [3.05, 3.63) is 59.9 Å². The molecule has 0 saturated heterocycles. The Morgan fingerprint density at radius 2 is 1.89 bits per heavy atom. The van der Waals surface area contributed by atoms with Gasteiger partial charge < -0.3 is 5.73 Å². The molecule has 0 aliphatic carbocycles. The van der Waals surface area contributed by atoms with Crippen LogP contribution >= 0.6 is 0 Å². The Kier molecular flexibility index (Phi) is 4.93. The van der Waals surface area contributed by atoms with Crippen LogP contribution in [0.2, 0.25) is 0 Å². The average molecular weight is 255 g/mol. The molecule has 0 fully saturated rings. The highest BCUT2D eigenvalue weighted by atomic mass is 15.1. The van der Waals surface area contributed by atoms with E-state index in [1.54, 1.807) is 0 Å². The number of nitrogen functional groups attached to an aromatic ring is 1. The first-order valence-corrected chi connectivity index (χ1v) is 6.74. The summed E-state index contributed by atoms with van der Waals surface area (Å²) < 4.78 is 0. The van der Waals surface area contributed by atoms with Gasteiger partial charge in [-0.15, -0.1) is 0 Å². The molecule has 3 heteroatoms. The van der Waals surface area contributed by atoms with Crippen molar-refractivity contribution in [1.29, 1.82) is 0 Å². The number of hydrogen-bond donors (Lipinski definition) is 1. The quantitative estimate of drug-likeness (QED) is 0.807. The molecule has 0 radical (unpaired) electrons. The molecule has 0 bridgehead atoms. The van der Waals surface area contributed by atoms with Gasteiger partial charge >= 0.3 is 0 Å². The van der Waals surface area contributed by atoms with Crippen LogP contribution in [0.4, 0.5) is 5.69 Å². The van der Waals surface area contributed by atoms with Crippen molar-refractivity contribution in [1.82, 2.24) is 9.88 Å². The number of aromatic nitrogens is 1. The predicted octanol–water partition coefficient (Wildman–Crippen LogP) is 2.73. The van der Waals surface area contributed by atoms with Gasteiger partial charge in [0.2, 0.25) is 0 Å². The molecule has 0 saturated carbocycles. The Bertz CT molecular complexity index is 479. The summed E-state index contributed by atoms with van der Waals surface area (Å²) in [5.74, 6) is 0. The van der Waals surface area contributed by atoms with Crippen LogP contribution in [0.1, 0.15) is 18.2 Å². The maximum atomic E-state index is 5.69. The van der Waals surface area contributed by atoms with E-state index in [4.69, 9.17) is 5.73 Å². The van der Waals surface area contributed by atoms with Crippen LogP contribution < -0.4 is 5.73 Å². The number of hydrogen-bond acceptors (Lipinski definition) is 3. The van der Waals surface area contributed by atoms with Crippen molar-refractivity contribution in [2.75, 3.05) is 18.8 Å². The monoisotopic (exact) mass is 255 g/mol. The number of nitrogens with two attached hydrogens (primary N) is 1. The molecule has 1 aromatic carbocycles. The van der Waals surface area contributed by atoms with Crippen molar-refractivity contribution in [3.63, 3.8) is 0 Å². The van der Waals surface area contributed by atoms with Crippen LogP contribution in [-0.4, -0.2) is 23.0 Å². The summed E-state index contributed by atoms with van der Waals surface area (Å²) >= 11 is 0. The Balaban J connectivity index is 1.87. The number of anilines is 1. The zero-order valence-electron chi connectivity index (χ0n) is 11.4. The highest BCUT2D eigenvalue weighted by molar-refractivity contribution is 5.39. The van der Waals surface area contributed by atoms with E-state index in [-0.39, 0.29) is 0 Å². The Labute approximate surface area is 115 Å². The molecule has 0 unspecified atom stereocenters. The van der Waals surface area contributed by atoms with Crippen molar-refractivity contribution in [3.8, 4) is 0 Å². The van der Waals surface area contributed by atoms with E-state index in [9.17, 15) is 0 Å². The van der Waals surface area contributed by atoms with Gasteiger partial charge in [-0.2, -0.15) is 0 Å². The lowest BCUT2D eigenvalue weighted by molar-refractivity contribution is 0.280. The lowest BCUT2D eigenvalue weighted by atomic mass is 10.1. The molecule has 3 nitrogen and oxygen atoms in total. The number of rotatable bonds is 6. The van der Waals surface area contributed by atoms with Crippen molar-refractivity contribution < 1.29 is 0 Å². The van der Waals surface area contributed by atoms with E-state index in [0.717, 1.165) is 37.4 Å². The molecule has 0 spiro atoms. The first-order valence-electron chi connectivity index (χ1n) is 6.74. The van der Waals surface area contributed by atoms with Crippen molar-refractivity contribution in [2.24, 2.45) is 0 Å². The van der Waals surface area contributed by atoms with Gasteiger partial charge in [-0.05, 0) is 42.8 Å². The molecule has 0 amide bonds. The summed E-state index contributed by atoms with van der Waals surface area (Å²) in [5, 5.41) is 0. The average Bonchev–Trinajstić information content (AvgIpc) is 2.46. The highest BCUT2D eigenvalue weighted by Crippen LogP contribution is 2.08. The lowest BCUT2D eigenvalue weighted by Crippen LogP contribution is -2.25. The van der Waals surface area contributed by atoms with E-state index < -0.39 is 0 Å². The summed E-state index contributed by atoms with van der Waals surface area (Å²) in [6, 6.07) is 14.2. The molecule has 0 aliphatic rings. The number of benzene rings is 1. The molecular formula is C16H21N3. The molecule has 2 rings (SSSR count). The van der Waals surface area contributed by atoms with Gasteiger partial charge in [0.15, 0.2) is 0 Å². The predicted molar refractivity (Wildman–Crippen MR) is 79.7 cm³/mol. The van der Waals surface area contributed by atoms with Crippen LogP contribution in [0.15, 0.2) is 48.7 Å². The zero-order chi connectivity index (χ0) is 13.5. The third-order valence-corrected chi connectivity index (χ3v) is 3.26. The molecular weight excluding hydrogens is 234 g/mol. The minimum absolute atomic E-state index is 0.824. The first-order chi connectivity index (χ1) is 9.28. The lowest BCUT2D eigenvalue weighted by Gasteiger charge is -2.19. The molecule has 2 N–H and O–H groups in total. The van der Waals surface area contributed by atoms with Crippen molar-refractivity contribution in [2.45, 2.75) is 19.9 Å². The maximum absolute atomic E-state index is 5.69.